The van der Waals surface area contributed by atoms with E-state index in [-0.39, 0.29) is 29.9 Å². The van der Waals surface area contributed by atoms with Crippen LogP contribution in [0.25, 0.3) is 0 Å². The van der Waals surface area contributed by atoms with Gasteiger partial charge in [0.25, 0.3) is 5.91 Å². The highest BCUT2D eigenvalue weighted by Crippen LogP contribution is 2.20. The third-order valence-electron chi connectivity index (χ3n) is 5.44. The molecule has 2 aromatic rings. The molecule has 6 nitrogen and oxygen atoms in total. The largest absolute Gasteiger partial charge is 0.369 e. The third-order valence-corrected chi connectivity index (χ3v) is 5.44. The fourth-order valence-corrected chi connectivity index (χ4v) is 3.70. The van der Waals surface area contributed by atoms with Crippen molar-refractivity contribution in [3.8, 4) is 0 Å². The van der Waals surface area contributed by atoms with Crippen LogP contribution in [0.4, 0.5) is 5.69 Å². The summed E-state index contributed by atoms with van der Waals surface area (Å²) in [5.41, 5.74) is 4.42. The van der Waals surface area contributed by atoms with Gasteiger partial charge in [0.05, 0.1) is 0 Å². The second-order valence-corrected chi connectivity index (χ2v) is 8.06. The van der Waals surface area contributed by atoms with E-state index >= 15 is 0 Å². The van der Waals surface area contributed by atoms with E-state index in [0.29, 0.717) is 6.04 Å². The summed E-state index contributed by atoms with van der Waals surface area (Å²) in [6.07, 6.45) is 1.92. The lowest BCUT2D eigenvalue weighted by Gasteiger charge is -2.20. The number of aryl methyl sites for hydroxylation is 1. The monoisotopic (exact) mass is 535 g/mol. The van der Waals surface area contributed by atoms with Crippen molar-refractivity contribution in [1.82, 2.24) is 15.5 Å². The Labute approximate surface area is 203 Å². The number of aliphatic imine (C=N–C) groups is 1. The second kappa shape index (κ2) is 11.9. The van der Waals surface area contributed by atoms with Crippen molar-refractivity contribution in [2.75, 3.05) is 45.7 Å². The number of benzene rings is 2. The van der Waals surface area contributed by atoms with Gasteiger partial charge in [-0.2, -0.15) is 0 Å². The summed E-state index contributed by atoms with van der Waals surface area (Å²) in [5, 5.41) is 6.95. The normalized spacial score (nSPS) is 15.9. The molecule has 7 heteroatoms. The maximum atomic E-state index is 12.1. The highest BCUT2D eigenvalue weighted by Gasteiger charge is 2.23. The van der Waals surface area contributed by atoms with Crippen molar-refractivity contribution in [2.24, 2.45) is 4.99 Å². The first kappa shape index (κ1) is 25.0. The molecule has 0 aliphatic carbocycles. The minimum Gasteiger partial charge on any atom is -0.369 e. The van der Waals surface area contributed by atoms with Gasteiger partial charge in [-0.3, -0.25) is 9.79 Å². The number of carbonyl (C=O) groups excluding carboxylic acids is 1. The Morgan fingerprint density at radius 3 is 2.61 bits per heavy atom. The summed E-state index contributed by atoms with van der Waals surface area (Å²) in [4.78, 5) is 20.5. The molecule has 0 saturated carbocycles. The lowest BCUT2D eigenvalue weighted by molar-refractivity contribution is 0.0827. The SMILES string of the molecule is CN=C(NCCc1cccc(C(=O)N(C)C)c1)NC1CCN(c2ccc(C)cc2)C1.I. The number of nitrogens with zero attached hydrogens (tertiary/aromatic N) is 3. The third kappa shape index (κ3) is 7.12. The molecule has 1 amide bonds. The average Bonchev–Trinajstić information content (AvgIpc) is 3.21. The standard InChI is InChI=1S/C24H33N5O.HI/c1-18-8-10-22(11-9-18)29-15-13-21(17-29)27-24(25-2)26-14-12-19-6-5-7-20(16-19)23(30)28(3)4;/h5-11,16,21H,12-15,17H2,1-4H3,(H2,25,26,27);1H. The Kier molecular flexibility index (Phi) is 9.61. The zero-order chi connectivity index (χ0) is 21.5. The Bertz CT molecular complexity index is 882. The summed E-state index contributed by atoms with van der Waals surface area (Å²) in [5.74, 6) is 0.855. The van der Waals surface area contributed by atoms with Gasteiger partial charge < -0.3 is 20.4 Å². The van der Waals surface area contributed by atoms with Gasteiger partial charge in [0.2, 0.25) is 0 Å². The van der Waals surface area contributed by atoms with Crippen LogP contribution in [0.1, 0.15) is 27.9 Å². The van der Waals surface area contributed by atoms with E-state index in [0.717, 1.165) is 49.6 Å². The average molecular weight is 535 g/mol. The second-order valence-electron chi connectivity index (χ2n) is 8.06. The molecule has 1 aliphatic rings. The van der Waals surface area contributed by atoms with E-state index in [2.05, 4.69) is 57.8 Å². The Morgan fingerprint density at radius 2 is 1.94 bits per heavy atom. The molecule has 31 heavy (non-hydrogen) atoms. The lowest BCUT2D eigenvalue weighted by atomic mass is 10.1. The number of rotatable bonds is 6. The lowest BCUT2D eigenvalue weighted by Crippen LogP contribution is -2.45. The van der Waals surface area contributed by atoms with Crippen molar-refractivity contribution in [3.05, 3.63) is 65.2 Å². The molecule has 2 N–H and O–H groups in total. The number of anilines is 1. The summed E-state index contributed by atoms with van der Waals surface area (Å²) in [6.45, 7) is 4.89. The Balaban J connectivity index is 0.00000341. The van der Waals surface area contributed by atoms with Crippen molar-refractivity contribution in [2.45, 2.75) is 25.8 Å². The van der Waals surface area contributed by atoms with E-state index in [1.165, 1.54) is 11.3 Å². The molecule has 3 rings (SSSR count). The molecule has 2 aromatic carbocycles. The van der Waals surface area contributed by atoms with Gasteiger partial charge in [-0.1, -0.05) is 29.8 Å². The number of amides is 1. The minimum absolute atomic E-state index is 0. The number of carbonyl (C=O) groups is 1. The maximum absolute atomic E-state index is 12.1. The topological polar surface area (TPSA) is 60.0 Å². The summed E-state index contributed by atoms with van der Waals surface area (Å²) in [7, 11) is 5.35. The van der Waals surface area contributed by atoms with E-state index < -0.39 is 0 Å². The van der Waals surface area contributed by atoms with Crippen LogP contribution in [0, 0.1) is 6.92 Å². The van der Waals surface area contributed by atoms with Gasteiger partial charge >= 0.3 is 0 Å². The van der Waals surface area contributed by atoms with E-state index in [1.54, 1.807) is 26.0 Å². The highest BCUT2D eigenvalue weighted by atomic mass is 127. The van der Waals surface area contributed by atoms with Crippen molar-refractivity contribution >= 4 is 41.5 Å². The molecule has 0 radical (unpaired) electrons. The quantitative estimate of drug-likeness (QED) is 0.339. The number of guanidine groups is 1. The van der Waals surface area contributed by atoms with Crippen molar-refractivity contribution in [1.29, 1.82) is 0 Å². The summed E-state index contributed by atoms with van der Waals surface area (Å²) in [6, 6.07) is 16.9. The molecule has 1 heterocycles. The van der Waals surface area contributed by atoms with Crippen LogP contribution < -0.4 is 15.5 Å². The van der Waals surface area contributed by atoms with Crippen molar-refractivity contribution < 1.29 is 4.79 Å². The number of halogens is 1. The molecule has 0 spiro atoms. The maximum Gasteiger partial charge on any atom is 0.253 e. The fraction of sp³-hybridized carbons (Fsp3) is 0.417. The van der Waals surface area contributed by atoms with Crippen LogP contribution in [-0.2, 0) is 6.42 Å². The molecule has 0 bridgehead atoms. The molecule has 168 valence electrons. The van der Waals surface area contributed by atoms with Gasteiger partial charge in [0.15, 0.2) is 5.96 Å². The Hall–Kier alpha value is -2.29. The van der Waals surface area contributed by atoms with Crippen LogP contribution in [-0.4, -0.2) is 63.6 Å². The van der Waals surface area contributed by atoms with E-state index in [4.69, 9.17) is 0 Å². The summed E-state index contributed by atoms with van der Waals surface area (Å²) >= 11 is 0. The molecule has 1 saturated heterocycles. The molecular weight excluding hydrogens is 501 g/mol. The molecule has 1 aliphatic heterocycles. The van der Waals surface area contributed by atoms with Crippen LogP contribution in [0.15, 0.2) is 53.5 Å². The van der Waals surface area contributed by atoms with Gasteiger partial charge in [-0.05, 0) is 49.6 Å². The van der Waals surface area contributed by atoms with Crippen LogP contribution in [0.3, 0.4) is 0 Å². The molecule has 1 fully saturated rings. The van der Waals surface area contributed by atoms with Crippen molar-refractivity contribution in [3.63, 3.8) is 0 Å². The Morgan fingerprint density at radius 1 is 1.19 bits per heavy atom. The van der Waals surface area contributed by atoms with E-state index in [9.17, 15) is 4.79 Å². The summed E-state index contributed by atoms with van der Waals surface area (Å²) < 4.78 is 0. The predicted octanol–water partition coefficient (Wildman–Crippen LogP) is 3.30. The van der Waals surface area contributed by atoms with Gasteiger partial charge in [0.1, 0.15) is 0 Å². The zero-order valence-electron chi connectivity index (χ0n) is 18.9. The molecule has 0 aromatic heterocycles. The first-order valence-electron chi connectivity index (χ1n) is 10.6. The van der Waals surface area contributed by atoms with E-state index in [1.807, 2.05) is 18.2 Å². The van der Waals surface area contributed by atoms with Gasteiger partial charge in [-0.15, -0.1) is 24.0 Å². The number of nitrogens with one attached hydrogen (secondary N) is 2. The fourth-order valence-electron chi connectivity index (χ4n) is 3.70. The smallest absolute Gasteiger partial charge is 0.253 e. The minimum atomic E-state index is 0. The number of hydrogen-bond donors (Lipinski definition) is 2. The van der Waals surface area contributed by atoms with Crippen LogP contribution >= 0.6 is 24.0 Å². The van der Waals surface area contributed by atoms with Crippen LogP contribution in [0.2, 0.25) is 0 Å². The molecule has 1 unspecified atom stereocenters. The molecular formula is C24H34IN5O. The number of hydrogen-bond acceptors (Lipinski definition) is 3. The van der Waals surface area contributed by atoms with Gasteiger partial charge in [0, 0.05) is 58.1 Å². The molecule has 1 atom stereocenters. The highest BCUT2D eigenvalue weighted by molar-refractivity contribution is 14.0. The van der Waals surface area contributed by atoms with Gasteiger partial charge in [-0.25, -0.2) is 0 Å². The predicted molar refractivity (Wildman–Crippen MR) is 140 cm³/mol. The van der Waals surface area contributed by atoms with Crippen LogP contribution in [0.5, 0.6) is 0 Å². The first-order valence-corrected chi connectivity index (χ1v) is 10.6. The first-order chi connectivity index (χ1) is 14.5. The zero-order valence-corrected chi connectivity index (χ0v) is 21.2.